The Bertz CT molecular complexity index is 2080. The molecule has 6 aliphatic heterocycles. The monoisotopic (exact) mass is 840 g/mol. The predicted octanol–water partition coefficient (Wildman–Crippen LogP) is 15.1. The van der Waals surface area contributed by atoms with Gasteiger partial charge in [-0.1, -0.05) is 190 Å². The first kappa shape index (κ1) is 33.8. The first-order valence-corrected chi connectivity index (χ1v) is 24.7. The van der Waals surface area contributed by atoms with Gasteiger partial charge in [0, 0.05) is 18.9 Å². The molecule has 0 atom stereocenters. The highest BCUT2D eigenvalue weighted by Gasteiger charge is 2.33. The molecule has 3 aromatic rings. The molecule has 12 heteroatoms. The van der Waals surface area contributed by atoms with Crippen molar-refractivity contribution in [1.29, 1.82) is 0 Å². The second-order valence-electron chi connectivity index (χ2n) is 11.0. The molecule has 0 unspecified atom stereocenters. The Morgan fingerprint density at radius 1 is 0.312 bits per heavy atom. The maximum absolute atomic E-state index is 2.34. The van der Waals surface area contributed by atoms with E-state index >= 15 is 0 Å². The SMILES string of the molecule is CC1=C(C)SC(=CC=C2SC3=C(S2)SC(=c2c4ccccc4c(=C4SC5=C(SC(=CC=C6SC(C)=C(C)S6)S5)S4)c4ccccc24)S3)S1. The Morgan fingerprint density at radius 3 is 0.833 bits per heavy atom. The highest BCUT2D eigenvalue weighted by molar-refractivity contribution is 8.52. The zero-order valence-corrected chi connectivity index (χ0v) is 35.6. The van der Waals surface area contributed by atoms with E-state index in [-0.39, 0.29) is 0 Å². The summed E-state index contributed by atoms with van der Waals surface area (Å²) in [5.74, 6) is 0. The van der Waals surface area contributed by atoms with Crippen LogP contribution in [0.3, 0.4) is 0 Å². The fourth-order valence-electron chi connectivity index (χ4n) is 5.45. The van der Waals surface area contributed by atoms with Crippen molar-refractivity contribution in [3.05, 3.63) is 137 Å². The Hall–Kier alpha value is 0.0400. The molecule has 0 saturated heterocycles. The quantitative estimate of drug-likeness (QED) is 0.226. The summed E-state index contributed by atoms with van der Waals surface area (Å²) in [7, 11) is 0. The number of rotatable bonds is 2. The second-order valence-corrected chi connectivity index (χ2v) is 26.9. The van der Waals surface area contributed by atoms with Crippen molar-refractivity contribution in [2.75, 3.05) is 0 Å². The van der Waals surface area contributed by atoms with Crippen LogP contribution in [-0.2, 0) is 0 Å². The van der Waals surface area contributed by atoms with Gasteiger partial charge in [0.25, 0.3) is 0 Å². The van der Waals surface area contributed by atoms with Gasteiger partial charge in [0.05, 0.1) is 33.9 Å². The van der Waals surface area contributed by atoms with Gasteiger partial charge >= 0.3 is 0 Å². The first-order valence-electron chi connectivity index (χ1n) is 14.9. The second kappa shape index (κ2) is 14.1. The molecule has 0 fully saturated rings. The van der Waals surface area contributed by atoms with Crippen LogP contribution in [0, 0.1) is 0 Å². The van der Waals surface area contributed by atoms with Crippen LogP contribution in [0.4, 0.5) is 0 Å². The van der Waals surface area contributed by atoms with E-state index in [1.54, 1.807) is 0 Å². The molecule has 0 nitrogen and oxygen atoms in total. The maximum atomic E-state index is 2.34. The normalized spacial score (nSPS) is 21.0. The number of hydrogen-bond donors (Lipinski definition) is 0. The Balaban J connectivity index is 1.03. The van der Waals surface area contributed by atoms with Gasteiger partial charge in [-0.25, -0.2) is 0 Å². The molecule has 48 heavy (non-hydrogen) atoms. The fourth-order valence-corrected chi connectivity index (χ4v) is 22.7. The number of allylic oxidation sites excluding steroid dienone is 8. The lowest BCUT2D eigenvalue weighted by molar-refractivity contribution is 1.57. The maximum Gasteiger partial charge on any atom is 0.0717 e. The molecule has 0 aromatic heterocycles. The van der Waals surface area contributed by atoms with Crippen LogP contribution in [-0.4, -0.2) is 0 Å². The molecule has 0 saturated carbocycles. The van der Waals surface area contributed by atoms with Crippen LogP contribution in [0.2, 0.25) is 0 Å². The molecule has 0 amide bonds. The number of benzene rings is 3. The van der Waals surface area contributed by atoms with Gasteiger partial charge in [-0.2, -0.15) is 0 Å². The van der Waals surface area contributed by atoms with Crippen LogP contribution >= 0.6 is 141 Å². The third-order valence-corrected chi connectivity index (χ3v) is 24.0. The predicted molar refractivity (Wildman–Crippen MR) is 242 cm³/mol. The van der Waals surface area contributed by atoms with Gasteiger partial charge in [-0.15, -0.1) is 0 Å². The van der Waals surface area contributed by atoms with Gasteiger partial charge < -0.3 is 0 Å². The van der Waals surface area contributed by atoms with Gasteiger partial charge in [0.15, 0.2) is 0 Å². The summed E-state index contributed by atoms with van der Waals surface area (Å²) >= 11 is 23.2. The molecular formula is C36H24S12. The van der Waals surface area contributed by atoms with Crippen LogP contribution in [0.25, 0.3) is 30.0 Å². The summed E-state index contributed by atoms with van der Waals surface area (Å²) in [4.78, 5) is 5.69. The van der Waals surface area contributed by atoms with E-state index in [4.69, 9.17) is 0 Å². The molecule has 6 aliphatic rings. The topological polar surface area (TPSA) is 0 Å². The van der Waals surface area contributed by atoms with Crippen molar-refractivity contribution in [3.63, 3.8) is 0 Å². The smallest absolute Gasteiger partial charge is 0.0717 e. The average Bonchev–Trinajstić information content (AvgIpc) is 3.91. The van der Waals surface area contributed by atoms with Crippen LogP contribution in [0.5, 0.6) is 0 Å². The van der Waals surface area contributed by atoms with E-state index in [0.29, 0.717) is 0 Å². The Labute approximate surface area is 331 Å². The standard InChI is InChI=1S/C36H24S12/c1-17-18(2)38-25(37-17)13-15-27-41-33-34(42-27)46-31(45-33)29-21-9-5-7-11-23(21)30(24-12-8-6-10-22(24)29)32-47-35-36(48-32)44-28(43-35)16-14-26-39-19(3)20(4)40-26/h5-16H,1-4H3. The van der Waals surface area contributed by atoms with E-state index < -0.39 is 0 Å². The molecule has 6 heterocycles. The lowest BCUT2D eigenvalue weighted by Gasteiger charge is -2.12. The van der Waals surface area contributed by atoms with Crippen LogP contribution in [0.1, 0.15) is 27.7 Å². The third kappa shape index (κ3) is 6.48. The third-order valence-electron chi connectivity index (χ3n) is 7.91. The minimum absolute atomic E-state index is 1.35. The number of thioether (sulfide) groups is 12. The van der Waals surface area contributed by atoms with Crippen molar-refractivity contribution in [1.82, 2.24) is 0 Å². The Kier molecular flexibility index (Phi) is 9.96. The van der Waals surface area contributed by atoms with Crippen LogP contribution in [0.15, 0.2) is 126 Å². The van der Waals surface area contributed by atoms with E-state index in [2.05, 4.69) is 101 Å². The zero-order valence-electron chi connectivity index (χ0n) is 25.8. The molecule has 0 radical (unpaired) electrons. The summed E-state index contributed by atoms with van der Waals surface area (Å²) in [6, 6.07) is 18.2. The summed E-state index contributed by atoms with van der Waals surface area (Å²) in [5, 5.41) is 8.18. The van der Waals surface area contributed by atoms with Gasteiger partial charge in [0.1, 0.15) is 0 Å². The molecule has 9 rings (SSSR count). The summed E-state index contributed by atoms with van der Waals surface area (Å²) in [5.41, 5.74) is 0. The van der Waals surface area contributed by atoms with E-state index in [1.165, 1.54) is 94.0 Å². The van der Waals surface area contributed by atoms with Gasteiger partial charge in [0.2, 0.25) is 0 Å². The van der Waals surface area contributed by atoms with E-state index in [9.17, 15) is 0 Å². The fraction of sp³-hybridized carbons (Fsp3) is 0.111. The van der Waals surface area contributed by atoms with Gasteiger partial charge in [-0.3, -0.25) is 0 Å². The number of fused-ring (bicyclic) bond motifs is 2. The molecule has 0 spiro atoms. The van der Waals surface area contributed by atoms with Crippen molar-refractivity contribution >= 4 is 171 Å². The zero-order chi connectivity index (χ0) is 32.5. The highest BCUT2D eigenvalue weighted by Crippen LogP contribution is 2.68. The summed E-state index contributed by atoms with van der Waals surface area (Å²) < 4.78 is 14.0. The molecule has 0 N–H and O–H groups in total. The lowest BCUT2D eigenvalue weighted by atomic mass is 9.99. The van der Waals surface area contributed by atoms with Crippen molar-refractivity contribution < 1.29 is 0 Å². The Morgan fingerprint density at radius 2 is 0.562 bits per heavy atom. The largest absolute Gasteiger partial charge is 0.0867 e. The molecule has 0 bridgehead atoms. The van der Waals surface area contributed by atoms with E-state index in [1.807, 2.05) is 141 Å². The number of hydrogen-bond acceptors (Lipinski definition) is 12. The summed E-state index contributed by atoms with van der Waals surface area (Å²) in [6.45, 7) is 8.86. The molecular weight excluding hydrogens is 817 g/mol. The van der Waals surface area contributed by atoms with E-state index in [0.717, 1.165) is 0 Å². The van der Waals surface area contributed by atoms with Crippen molar-refractivity contribution in [2.24, 2.45) is 0 Å². The minimum Gasteiger partial charge on any atom is -0.0867 e. The van der Waals surface area contributed by atoms with Crippen molar-refractivity contribution in [3.8, 4) is 0 Å². The molecule has 3 aromatic carbocycles. The average molecular weight is 841 g/mol. The van der Waals surface area contributed by atoms with Gasteiger partial charge in [-0.05, 0) is 93.2 Å². The highest BCUT2D eigenvalue weighted by atomic mass is 32.3. The summed E-state index contributed by atoms with van der Waals surface area (Å²) in [6.07, 6.45) is 9.23. The molecule has 240 valence electrons. The lowest BCUT2D eigenvalue weighted by Crippen LogP contribution is -2.16. The minimum atomic E-state index is 1.35. The van der Waals surface area contributed by atoms with Crippen LogP contribution < -0.4 is 10.4 Å². The van der Waals surface area contributed by atoms with Crippen molar-refractivity contribution in [2.45, 2.75) is 27.7 Å². The molecule has 0 aliphatic carbocycles. The first-order chi connectivity index (χ1) is 23.4.